The molecular weight excluding hydrogens is 496 g/mol. The van der Waals surface area contributed by atoms with Gasteiger partial charge in [-0.25, -0.2) is 19.6 Å². The van der Waals surface area contributed by atoms with E-state index in [0.717, 1.165) is 0 Å². The standard InChI is InChI=1S/C11H8N2O5.C7H5NO3.C4H5NO3/c14-6-7-2-1-3-8(12-7)11(17)18-13-9(15)4-5-10(13)16;9-4-5-2-1-3-6(8-5)7(10)11;6-3-1-2-4(7)5(3)8/h1-3,6H,4-5H2;1-4H,(H,10,11);8H,1-2H2. The summed E-state index contributed by atoms with van der Waals surface area (Å²) < 4.78 is 0. The predicted octanol–water partition coefficient (Wildman–Crippen LogP) is 0.232. The first-order chi connectivity index (χ1) is 17.6. The first kappa shape index (κ1) is 28.1. The fraction of sp³-hybridized carbons (Fsp3) is 0.182. The van der Waals surface area contributed by atoms with E-state index in [1.807, 2.05) is 0 Å². The van der Waals surface area contributed by atoms with E-state index in [1.54, 1.807) is 0 Å². The van der Waals surface area contributed by atoms with Crippen LogP contribution in [0, 0.1) is 0 Å². The van der Waals surface area contributed by atoms with Crippen molar-refractivity contribution in [2.45, 2.75) is 25.7 Å². The monoisotopic (exact) mass is 514 g/mol. The number of rotatable bonds is 5. The minimum atomic E-state index is -1.13. The number of hydrogen-bond acceptors (Lipinski definition) is 12. The van der Waals surface area contributed by atoms with Crippen molar-refractivity contribution < 1.29 is 53.5 Å². The number of carboxylic acids is 1. The number of carboxylic acid groups (broad SMARTS) is 1. The predicted molar refractivity (Wildman–Crippen MR) is 116 cm³/mol. The average molecular weight is 514 g/mol. The fourth-order valence-electron chi connectivity index (χ4n) is 2.62. The van der Waals surface area contributed by atoms with Gasteiger partial charge in [0.2, 0.25) is 0 Å². The summed E-state index contributed by atoms with van der Waals surface area (Å²) in [7, 11) is 0. The molecule has 0 aliphatic carbocycles. The van der Waals surface area contributed by atoms with Crippen LogP contribution in [-0.2, 0) is 24.0 Å². The quantitative estimate of drug-likeness (QED) is 0.310. The fourth-order valence-corrected chi connectivity index (χ4v) is 2.62. The van der Waals surface area contributed by atoms with Crippen LogP contribution in [0.3, 0.4) is 0 Å². The summed E-state index contributed by atoms with van der Waals surface area (Å²) in [4.78, 5) is 97.3. The van der Waals surface area contributed by atoms with Gasteiger partial charge in [0.25, 0.3) is 23.6 Å². The Bertz CT molecular complexity index is 1230. The Balaban J connectivity index is 0.000000215. The molecule has 0 radical (unpaired) electrons. The summed E-state index contributed by atoms with van der Waals surface area (Å²) in [6.45, 7) is 0. The maximum atomic E-state index is 11.6. The average Bonchev–Trinajstić information content (AvgIpc) is 3.39. The zero-order chi connectivity index (χ0) is 27.5. The van der Waals surface area contributed by atoms with Crippen LogP contribution in [0.1, 0.15) is 67.6 Å². The maximum absolute atomic E-state index is 11.6. The van der Waals surface area contributed by atoms with E-state index in [2.05, 4.69) is 14.8 Å². The Morgan fingerprint density at radius 3 is 1.59 bits per heavy atom. The molecule has 2 aliphatic rings. The van der Waals surface area contributed by atoms with Crippen molar-refractivity contribution in [3.8, 4) is 0 Å². The number of imide groups is 2. The van der Waals surface area contributed by atoms with Gasteiger partial charge in [0, 0.05) is 25.7 Å². The highest BCUT2D eigenvalue weighted by atomic mass is 16.7. The van der Waals surface area contributed by atoms with Gasteiger partial charge >= 0.3 is 11.9 Å². The van der Waals surface area contributed by atoms with Gasteiger partial charge in [-0.15, -0.1) is 5.06 Å². The maximum Gasteiger partial charge on any atom is 0.382 e. The molecular formula is C22H18N4O11. The molecule has 2 fully saturated rings. The van der Waals surface area contributed by atoms with Gasteiger partial charge in [-0.3, -0.25) is 34.0 Å². The number of carbonyl (C=O) groups excluding carboxylic acids is 7. The third kappa shape index (κ3) is 7.93. The van der Waals surface area contributed by atoms with Crippen molar-refractivity contribution in [1.29, 1.82) is 0 Å². The summed E-state index contributed by atoms with van der Waals surface area (Å²) >= 11 is 0. The van der Waals surface area contributed by atoms with Gasteiger partial charge in [-0.2, -0.15) is 5.06 Å². The smallest absolute Gasteiger partial charge is 0.382 e. The topological polar surface area (TPSA) is 219 Å². The van der Waals surface area contributed by atoms with Crippen LogP contribution in [0.25, 0.3) is 0 Å². The summed E-state index contributed by atoms with van der Waals surface area (Å²) in [5.74, 6) is -4.24. The van der Waals surface area contributed by atoms with Crippen molar-refractivity contribution in [3.63, 3.8) is 0 Å². The van der Waals surface area contributed by atoms with E-state index in [0.29, 0.717) is 17.6 Å². The van der Waals surface area contributed by atoms with Crippen LogP contribution in [0.5, 0.6) is 0 Å². The molecule has 4 heterocycles. The SMILES string of the molecule is O=C1CCC(=O)N1O.O=Cc1cccc(C(=O)O)n1.O=Cc1cccc(C(=O)ON2C(=O)CCC2=O)n1. The molecule has 192 valence electrons. The van der Waals surface area contributed by atoms with Crippen molar-refractivity contribution >= 4 is 48.1 Å². The van der Waals surface area contributed by atoms with Crippen molar-refractivity contribution in [2.75, 3.05) is 0 Å². The number of hydrogen-bond donors (Lipinski definition) is 2. The number of amides is 4. The minimum Gasteiger partial charge on any atom is -0.477 e. The van der Waals surface area contributed by atoms with Gasteiger partial charge in [0.15, 0.2) is 18.3 Å². The highest BCUT2D eigenvalue weighted by Crippen LogP contribution is 2.13. The molecule has 0 atom stereocenters. The van der Waals surface area contributed by atoms with Crippen molar-refractivity contribution in [3.05, 3.63) is 59.2 Å². The van der Waals surface area contributed by atoms with Crippen LogP contribution in [-0.4, -0.2) is 78.5 Å². The molecule has 15 nitrogen and oxygen atoms in total. The lowest BCUT2D eigenvalue weighted by molar-refractivity contribution is -0.173. The third-order valence-corrected chi connectivity index (χ3v) is 4.42. The molecule has 2 aromatic rings. The molecule has 0 saturated carbocycles. The molecule has 0 spiro atoms. The second-order valence-electron chi connectivity index (χ2n) is 7.00. The van der Waals surface area contributed by atoms with Crippen LogP contribution < -0.4 is 0 Å². The molecule has 15 heteroatoms. The van der Waals surface area contributed by atoms with E-state index in [1.165, 1.54) is 36.4 Å². The van der Waals surface area contributed by atoms with Crippen LogP contribution in [0.2, 0.25) is 0 Å². The normalized spacial score (nSPS) is 14.3. The Morgan fingerprint density at radius 2 is 1.19 bits per heavy atom. The Hall–Kier alpha value is -5.18. The Kier molecular flexibility index (Phi) is 9.90. The molecule has 0 aromatic carbocycles. The molecule has 4 amide bonds. The van der Waals surface area contributed by atoms with E-state index >= 15 is 0 Å². The van der Waals surface area contributed by atoms with Crippen LogP contribution in [0.4, 0.5) is 0 Å². The van der Waals surface area contributed by atoms with Crippen LogP contribution in [0.15, 0.2) is 36.4 Å². The number of carbonyl (C=O) groups is 8. The highest BCUT2D eigenvalue weighted by Gasteiger charge is 2.33. The first-order valence-electron chi connectivity index (χ1n) is 10.3. The molecule has 4 rings (SSSR count). The van der Waals surface area contributed by atoms with Crippen molar-refractivity contribution in [2.24, 2.45) is 0 Å². The largest absolute Gasteiger partial charge is 0.477 e. The van der Waals surface area contributed by atoms with E-state index in [9.17, 15) is 38.4 Å². The number of aldehydes is 2. The van der Waals surface area contributed by atoms with Gasteiger partial charge in [0.05, 0.1) is 0 Å². The molecule has 37 heavy (non-hydrogen) atoms. The molecule has 2 aliphatic heterocycles. The van der Waals surface area contributed by atoms with Gasteiger partial charge < -0.3 is 9.94 Å². The zero-order valence-corrected chi connectivity index (χ0v) is 18.8. The van der Waals surface area contributed by atoms with Gasteiger partial charge in [0.1, 0.15) is 17.1 Å². The molecule has 0 bridgehead atoms. The second kappa shape index (κ2) is 13.1. The molecule has 2 saturated heterocycles. The minimum absolute atomic E-state index is 0.0217. The number of aromatic carboxylic acids is 1. The lowest BCUT2D eigenvalue weighted by Crippen LogP contribution is -2.32. The van der Waals surface area contributed by atoms with E-state index in [4.69, 9.17) is 10.3 Å². The first-order valence-corrected chi connectivity index (χ1v) is 10.3. The second-order valence-corrected chi connectivity index (χ2v) is 7.00. The number of hydroxylamine groups is 4. The summed E-state index contributed by atoms with van der Waals surface area (Å²) in [5, 5.41) is 17.4. The third-order valence-electron chi connectivity index (χ3n) is 4.42. The molecule has 0 unspecified atom stereocenters. The Labute approximate surface area is 207 Å². The van der Waals surface area contributed by atoms with E-state index in [-0.39, 0.29) is 53.5 Å². The van der Waals surface area contributed by atoms with Gasteiger partial charge in [-0.1, -0.05) is 12.1 Å². The highest BCUT2D eigenvalue weighted by molar-refractivity contribution is 6.02. The van der Waals surface area contributed by atoms with E-state index < -0.39 is 35.6 Å². The number of nitrogens with zero attached hydrogens (tertiary/aromatic N) is 4. The van der Waals surface area contributed by atoms with Gasteiger partial charge in [-0.05, 0) is 24.3 Å². The lowest BCUT2D eigenvalue weighted by Gasteiger charge is -2.11. The molecule has 2 N–H and O–H groups in total. The zero-order valence-electron chi connectivity index (χ0n) is 18.8. The summed E-state index contributed by atoms with van der Waals surface area (Å²) in [6.07, 6.45) is 1.32. The number of aromatic nitrogens is 2. The summed E-state index contributed by atoms with van der Waals surface area (Å²) in [6, 6.07) is 8.42. The lowest BCUT2D eigenvalue weighted by atomic mass is 10.3. The summed E-state index contributed by atoms with van der Waals surface area (Å²) in [5.41, 5.74) is -0.0740. The Morgan fingerprint density at radius 1 is 0.757 bits per heavy atom. The van der Waals surface area contributed by atoms with Crippen molar-refractivity contribution in [1.82, 2.24) is 20.1 Å². The molecule has 2 aromatic heterocycles. The number of pyridine rings is 2. The van der Waals surface area contributed by atoms with Crippen LogP contribution >= 0.6 is 0 Å².